The summed E-state index contributed by atoms with van der Waals surface area (Å²) in [6.45, 7) is 11.7. The second-order valence-electron chi connectivity index (χ2n) is 24.2. The molecule has 0 spiro atoms. The molecule has 1 aliphatic carbocycles. The van der Waals surface area contributed by atoms with Gasteiger partial charge in [-0.25, -0.2) is 0 Å². The van der Waals surface area contributed by atoms with Crippen LogP contribution in [0, 0.1) is 0 Å². The molecule has 5 heterocycles. The van der Waals surface area contributed by atoms with Crippen LogP contribution < -0.4 is 55.2 Å². The Morgan fingerprint density at radius 1 is 0.490 bits per heavy atom. The van der Waals surface area contributed by atoms with E-state index in [0.717, 1.165) is 114 Å². The first kappa shape index (κ1) is 58.3. The zero-order valence-electron chi connectivity index (χ0n) is 52.9. The fourth-order valence-corrected chi connectivity index (χ4v) is 17.4. The Morgan fingerprint density at radius 2 is 1.02 bits per heavy atom. The van der Waals surface area contributed by atoms with Gasteiger partial charge in [-0.1, -0.05) is 232 Å². The van der Waals surface area contributed by atoms with Crippen molar-refractivity contribution in [1.29, 1.82) is 0 Å². The fraction of sp³-hybridized carbons (Fsp3) is 0.0233. The second-order valence-corrected chi connectivity index (χ2v) is 26.4. The van der Waals surface area contributed by atoms with Crippen LogP contribution in [-0.4, -0.2) is 20.0 Å². The highest BCUT2D eigenvalue weighted by Gasteiger charge is 2.50. The number of rotatable bonds is 17. The zero-order valence-corrected chi connectivity index (χ0v) is 54.5. The lowest BCUT2D eigenvalue weighted by Crippen LogP contribution is -2.60. The van der Waals surface area contributed by atoms with Crippen LogP contribution in [-0.2, 0) is 0 Å². The first-order valence-electron chi connectivity index (χ1n) is 32.7. The molecule has 456 valence electrons. The van der Waals surface area contributed by atoms with Gasteiger partial charge < -0.3 is 29.2 Å². The predicted molar refractivity (Wildman–Crippen MR) is 413 cm³/mol. The van der Waals surface area contributed by atoms with Gasteiger partial charge in [0.05, 0.1) is 28.5 Å². The number of anilines is 11. The molecule has 3 aliphatic heterocycles. The molecular weight excluding hydrogens is 1200 g/mol. The smallest absolute Gasteiger partial charge is 0.268 e. The standard InChI is InChI=1S/C86H63B2N5OS2/c1-4-6-7-8-30-49-68(60-35-16-9-17-36-60)59(3)90-74-58-77-72(88-81-75(93(66-47-28-15-29-48-66)83-70-51-32-34-53-80(70)96-86(83)88)54-67(55-78(81)94-77)91(62-39-20-11-21-40-62)63-41-22-12-23-42-63)56-71(74)87(73-57-76(90)84(73)92(64-43-24-13-25-44-64)65-45-26-14-27-46-65)85-82(69-50-31-33-52-79(69)95-85)89(5-2)61-37-18-10-19-38-61/h4,6-58H,1,3,5H2,2H3/b7-6-,30-8-,68-49+. The zero-order chi connectivity index (χ0) is 64.2. The van der Waals surface area contributed by atoms with Gasteiger partial charge in [-0.2, -0.15) is 0 Å². The molecule has 0 N–H and O–H groups in total. The molecule has 0 unspecified atom stereocenters. The van der Waals surface area contributed by atoms with Crippen LogP contribution >= 0.6 is 22.7 Å². The van der Waals surface area contributed by atoms with Crippen LogP contribution in [0.1, 0.15) is 12.5 Å². The lowest BCUT2D eigenvalue weighted by Gasteiger charge is -2.41. The molecule has 0 saturated heterocycles. The van der Waals surface area contributed by atoms with E-state index in [4.69, 9.17) is 11.3 Å². The number of para-hydroxylation sites is 6. The highest BCUT2D eigenvalue weighted by atomic mass is 32.1. The average molecular weight is 1270 g/mol. The van der Waals surface area contributed by atoms with Crippen LogP contribution in [0.4, 0.5) is 62.6 Å². The van der Waals surface area contributed by atoms with Crippen molar-refractivity contribution in [2.24, 2.45) is 0 Å². The molecule has 0 radical (unpaired) electrons. The third-order valence-corrected chi connectivity index (χ3v) is 21.2. The van der Waals surface area contributed by atoms with Gasteiger partial charge in [-0.3, -0.25) is 0 Å². The van der Waals surface area contributed by atoms with Gasteiger partial charge in [0.2, 0.25) is 0 Å². The summed E-state index contributed by atoms with van der Waals surface area (Å²) in [6.07, 6.45) is 14.6. The van der Waals surface area contributed by atoms with Crippen LogP contribution in [0.2, 0.25) is 0 Å². The lowest BCUT2D eigenvalue weighted by atomic mass is 9.33. The van der Waals surface area contributed by atoms with Crippen LogP contribution in [0.3, 0.4) is 0 Å². The van der Waals surface area contributed by atoms with E-state index in [0.29, 0.717) is 0 Å². The van der Waals surface area contributed by atoms with E-state index in [1.807, 2.05) is 34.8 Å². The number of fused-ring (bicyclic) bond motifs is 9. The van der Waals surface area contributed by atoms with Gasteiger partial charge in [0.1, 0.15) is 11.5 Å². The minimum Gasteiger partial charge on any atom is -0.458 e. The quantitative estimate of drug-likeness (QED) is 0.0666. The molecular formula is C86H63B2N5OS2. The van der Waals surface area contributed by atoms with Gasteiger partial charge in [0.25, 0.3) is 13.4 Å². The predicted octanol–water partition coefficient (Wildman–Crippen LogP) is 20.0. The maximum Gasteiger partial charge on any atom is 0.268 e. The average Bonchev–Trinajstić information content (AvgIpc) is 1.47. The molecule has 0 saturated carbocycles. The first-order valence-corrected chi connectivity index (χ1v) is 34.4. The maximum atomic E-state index is 7.94. The second kappa shape index (κ2) is 24.7. The van der Waals surface area contributed by atoms with Crippen molar-refractivity contribution in [3.8, 4) is 11.5 Å². The Morgan fingerprint density at radius 3 is 1.64 bits per heavy atom. The van der Waals surface area contributed by atoms with Crippen molar-refractivity contribution >= 4 is 150 Å². The Kier molecular flexibility index (Phi) is 15.0. The third-order valence-electron chi connectivity index (χ3n) is 18.8. The number of allylic oxidation sites excluding steroid dienone is 9. The minimum atomic E-state index is -0.324. The van der Waals surface area contributed by atoms with Gasteiger partial charge in [0.15, 0.2) is 0 Å². The Labute approximate surface area is 569 Å². The molecule has 96 heavy (non-hydrogen) atoms. The normalized spacial score (nSPS) is 13.6. The molecule has 10 heteroatoms. The summed E-state index contributed by atoms with van der Waals surface area (Å²) in [7, 11) is 0. The number of ether oxygens (including phenoxy) is 1. The Balaban J connectivity index is 0.994. The fourth-order valence-electron chi connectivity index (χ4n) is 14.7. The van der Waals surface area contributed by atoms with Crippen molar-refractivity contribution in [2.45, 2.75) is 6.92 Å². The summed E-state index contributed by atoms with van der Waals surface area (Å²) in [6, 6.07) is 103. The van der Waals surface area contributed by atoms with Gasteiger partial charge in [-0.15, -0.1) is 22.7 Å². The summed E-state index contributed by atoms with van der Waals surface area (Å²) >= 11 is 3.80. The summed E-state index contributed by atoms with van der Waals surface area (Å²) in [5, 5.41) is 2.42. The summed E-state index contributed by atoms with van der Waals surface area (Å²) in [4.78, 5) is 12.3. The van der Waals surface area contributed by atoms with Crippen molar-refractivity contribution < 1.29 is 4.74 Å². The van der Waals surface area contributed by atoms with Gasteiger partial charge in [-0.05, 0) is 131 Å². The van der Waals surface area contributed by atoms with Gasteiger partial charge >= 0.3 is 0 Å². The van der Waals surface area contributed by atoms with E-state index in [1.165, 1.54) is 46.6 Å². The van der Waals surface area contributed by atoms with Crippen molar-refractivity contribution in [3.63, 3.8) is 0 Å². The van der Waals surface area contributed by atoms with Crippen LogP contribution in [0.15, 0.2) is 363 Å². The van der Waals surface area contributed by atoms with E-state index < -0.39 is 0 Å². The van der Waals surface area contributed by atoms with E-state index in [1.54, 1.807) is 6.08 Å². The molecule has 0 atom stereocenters. The number of nitrogens with zero attached hydrogens (tertiary/aromatic N) is 5. The molecule has 13 aromatic rings. The molecule has 4 aliphatic rings. The van der Waals surface area contributed by atoms with E-state index in [2.05, 4.69) is 347 Å². The number of hydrogen-bond donors (Lipinski definition) is 0. The molecule has 6 nitrogen and oxygen atoms in total. The van der Waals surface area contributed by atoms with Crippen LogP contribution in [0.25, 0.3) is 25.7 Å². The summed E-state index contributed by atoms with van der Waals surface area (Å²) in [5.41, 5.74) is 21.3. The molecule has 17 rings (SSSR count). The van der Waals surface area contributed by atoms with E-state index in [-0.39, 0.29) is 13.4 Å². The molecule has 2 aromatic heterocycles. The largest absolute Gasteiger partial charge is 0.458 e. The highest BCUT2D eigenvalue weighted by Crippen LogP contribution is 2.53. The minimum absolute atomic E-state index is 0.245. The number of thiophene rings is 2. The molecule has 0 fully saturated rings. The molecule has 0 amide bonds. The highest BCUT2D eigenvalue weighted by molar-refractivity contribution is 7.34. The molecule has 2 bridgehead atoms. The lowest BCUT2D eigenvalue weighted by molar-refractivity contribution is 0.488. The maximum absolute atomic E-state index is 7.94. The van der Waals surface area contributed by atoms with E-state index >= 15 is 0 Å². The Hall–Kier alpha value is -11.6. The summed E-state index contributed by atoms with van der Waals surface area (Å²) in [5.74, 6) is 1.59. The van der Waals surface area contributed by atoms with Crippen molar-refractivity contribution in [3.05, 3.63) is 369 Å². The van der Waals surface area contributed by atoms with Crippen molar-refractivity contribution in [2.75, 3.05) is 31.0 Å². The topological polar surface area (TPSA) is 25.4 Å². The van der Waals surface area contributed by atoms with Gasteiger partial charge in [0, 0.05) is 105 Å². The number of hydrogen-bond acceptors (Lipinski definition) is 8. The van der Waals surface area contributed by atoms with Crippen molar-refractivity contribution in [1.82, 2.24) is 0 Å². The Bertz CT molecular complexity index is 5240. The first-order chi connectivity index (χ1) is 47.5. The monoisotopic (exact) mass is 1270 g/mol. The van der Waals surface area contributed by atoms with Crippen LogP contribution in [0.5, 0.6) is 11.5 Å². The number of benzene rings is 11. The third kappa shape index (κ3) is 9.87. The summed E-state index contributed by atoms with van der Waals surface area (Å²) < 4.78 is 12.9. The molecule has 11 aromatic carbocycles. The SMILES string of the molecule is C=C\C=C/C=C\C=C(/C(=C)N1C2=C(N(c3ccccc3)c3ccccc3)C(=C2)B(c2sc3ccccc3c2N(CC)c2ccccc2)c2cc3c(cc21)Oc1cc(N(c2ccccc2)c2ccccc2)cc2c1B3c1sc3ccccc3c1N2c1ccccc1)c1ccccc1. The van der Waals surface area contributed by atoms with E-state index in [9.17, 15) is 0 Å².